The molecule has 0 unspecified atom stereocenters. The van der Waals surface area contributed by atoms with Crippen LogP contribution in [-0.4, -0.2) is 18.8 Å². The van der Waals surface area contributed by atoms with Gasteiger partial charge in [0.25, 0.3) is 0 Å². The number of unbranched alkanes of at least 4 members (excludes halogenated alkanes) is 1. The van der Waals surface area contributed by atoms with Crippen LogP contribution in [0.25, 0.3) is 0 Å². The van der Waals surface area contributed by atoms with Gasteiger partial charge >= 0.3 is 0 Å². The van der Waals surface area contributed by atoms with Crippen molar-refractivity contribution in [2.75, 3.05) is 0 Å². The van der Waals surface area contributed by atoms with E-state index >= 15 is 0 Å². The number of fused-ring (bicyclic) bond motifs is 1. The summed E-state index contributed by atoms with van der Waals surface area (Å²) in [7, 11) is -3.58. The highest BCUT2D eigenvalue weighted by atomic mass is 32.2. The number of hydrogen-bond acceptors (Lipinski definition) is 2. The Morgan fingerprint density at radius 2 is 1.57 bits per heavy atom. The van der Waals surface area contributed by atoms with E-state index in [4.69, 9.17) is 0 Å². The molecule has 1 heterocycles. The van der Waals surface area contributed by atoms with Crippen molar-refractivity contribution < 1.29 is 8.42 Å². The van der Waals surface area contributed by atoms with Gasteiger partial charge in [-0.3, -0.25) is 0 Å². The summed E-state index contributed by atoms with van der Waals surface area (Å²) >= 11 is 0. The molecule has 3 aromatic rings. The van der Waals surface area contributed by atoms with Gasteiger partial charge in [-0.1, -0.05) is 98.1 Å². The Morgan fingerprint density at radius 3 is 2.23 bits per heavy atom. The summed E-state index contributed by atoms with van der Waals surface area (Å²) in [6.07, 6.45) is 2.88. The lowest BCUT2D eigenvalue weighted by Crippen LogP contribution is -2.47. The Hall–Kier alpha value is -2.43. The zero-order valence-corrected chi connectivity index (χ0v) is 18.5. The van der Waals surface area contributed by atoms with Crippen molar-refractivity contribution in [2.24, 2.45) is 0 Å². The molecule has 2 atom stereocenters. The molecule has 0 saturated carbocycles. The Bertz CT molecular complexity index is 1090. The second-order valence-electron chi connectivity index (χ2n) is 8.18. The zero-order valence-electron chi connectivity index (χ0n) is 17.7. The number of aryl methyl sites for hydroxylation is 1. The molecule has 3 aromatic carbocycles. The van der Waals surface area contributed by atoms with Crippen LogP contribution in [0.4, 0.5) is 0 Å². The van der Waals surface area contributed by atoms with Gasteiger partial charge in [0.15, 0.2) is 0 Å². The molecule has 0 bridgehead atoms. The molecular weight excluding hydrogens is 390 g/mol. The largest absolute Gasteiger partial charge is 0.243 e. The summed E-state index contributed by atoms with van der Waals surface area (Å²) in [5.74, 6) is 0.0277. The van der Waals surface area contributed by atoms with Crippen LogP contribution in [-0.2, 0) is 16.6 Å². The van der Waals surface area contributed by atoms with E-state index in [9.17, 15) is 8.42 Å². The minimum Gasteiger partial charge on any atom is -0.207 e. The molecular formula is C26H29NO2S. The number of benzene rings is 3. The van der Waals surface area contributed by atoms with Crippen LogP contribution in [0, 0.1) is 6.92 Å². The fourth-order valence-corrected chi connectivity index (χ4v) is 6.45. The first-order chi connectivity index (χ1) is 14.5. The first kappa shape index (κ1) is 20.8. The van der Waals surface area contributed by atoms with Crippen molar-refractivity contribution in [1.29, 1.82) is 0 Å². The van der Waals surface area contributed by atoms with Gasteiger partial charge in [-0.25, -0.2) is 8.42 Å². The molecule has 0 radical (unpaired) electrons. The van der Waals surface area contributed by atoms with Crippen LogP contribution in [0.3, 0.4) is 0 Å². The van der Waals surface area contributed by atoms with Crippen molar-refractivity contribution in [3.05, 3.63) is 101 Å². The first-order valence-electron chi connectivity index (χ1n) is 10.7. The molecule has 0 fully saturated rings. The number of hydrogen-bond donors (Lipinski definition) is 0. The number of rotatable bonds is 6. The van der Waals surface area contributed by atoms with E-state index in [1.54, 1.807) is 10.4 Å². The van der Waals surface area contributed by atoms with Crippen molar-refractivity contribution in [1.82, 2.24) is 4.31 Å². The van der Waals surface area contributed by atoms with Gasteiger partial charge in [0.05, 0.1) is 4.90 Å². The van der Waals surface area contributed by atoms with E-state index in [1.807, 2.05) is 61.5 Å². The Morgan fingerprint density at radius 1 is 0.900 bits per heavy atom. The quantitative estimate of drug-likeness (QED) is 0.499. The highest BCUT2D eigenvalue weighted by Crippen LogP contribution is 2.44. The fourth-order valence-electron chi connectivity index (χ4n) is 4.58. The van der Waals surface area contributed by atoms with Crippen LogP contribution < -0.4 is 0 Å². The fraction of sp³-hybridized carbons (Fsp3) is 0.308. The molecule has 1 aliphatic rings. The lowest BCUT2D eigenvalue weighted by molar-refractivity contribution is 0.258. The molecule has 4 heteroatoms. The van der Waals surface area contributed by atoms with E-state index in [0.29, 0.717) is 11.4 Å². The highest BCUT2D eigenvalue weighted by Gasteiger charge is 2.44. The average Bonchev–Trinajstić information content (AvgIpc) is 2.75. The SMILES string of the molecule is CCCC[C@H]1[C@H](c2ccccc2)c2cc(C)ccc2S(=O)(=O)N1Cc1ccccc1. The normalized spacial score (nSPS) is 20.6. The molecule has 0 aliphatic carbocycles. The summed E-state index contributed by atoms with van der Waals surface area (Å²) in [6, 6.07) is 26.0. The molecule has 0 aromatic heterocycles. The van der Waals surface area contributed by atoms with Crippen LogP contribution >= 0.6 is 0 Å². The molecule has 30 heavy (non-hydrogen) atoms. The van der Waals surface area contributed by atoms with E-state index in [1.165, 1.54) is 5.56 Å². The maximum atomic E-state index is 13.8. The van der Waals surface area contributed by atoms with Crippen molar-refractivity contribution >= 4 is 10.0 Å². The summed E-state index contributed by atoms with van der Waals surface area (Å²) in [6.45, 7) is 4.59. The van der Waals surface area contributed by atoms with Gasteiger partial charge in [0, 0.05) is 18.5 Å². The maximum Gasteiger partial charge on any atom is 0.243 e. The molecule has 1 aliphatic heterocycles. The van der Waals surface area contributed by atoms with E-state index < -0.39 is 10.0 Å². The van der Waals surface area contributed by atoms with Crippen LogP contribution in [0.5, 0.6) is 0 Å². The van der Waals surface area contributed by atoms with Gasteiger partial charge < -0.3 is 0 Å². The summed E-state index contributed by atoms with van der Waals surface area (Å²) in [5.41, 5.74) is 4.23. The maximum absolute atomic E-state index is 13.8. The number of nitrogens with zero attached hydrogens (tertiary/aromatic N) is 1. The second kappa shape index (κ2) is 8.75. The Kier molecular flexibility index (Phi) is 6.07. The first-order valence-corrected chi connectivity index (χ1v) is 12.2. The predicted molar refractivity (Wildman–Crippen MR) is 122 cm³/mol. The van der Waals surface area contributed by atoms with Gasteiger partial charge in [0.2, 0.25) is 10.0 Å². The Labute approximate surface area is 180 Å². The Balaban J connectivity index is 1.91. The number of sulfonamides is 1. The summed E-state index contributed by atoms with van der Waals surface area (Å²) in [4.78, 5) is 0.450. The zero-order chi connectivity index (χ0) is 21.1. The molecule has 156 valence electrons. The third-order valence-corrected chi connectivity index (χ3v) is 7.98. The van der Waals surface area contributed by atoms with Gasteiger partial charge in [0.1, 0.15) is 0 Å². The third kappa shape index (κ3) is 3.94. The smallest absolute Gasteiger partial charge is 0.207 e. The lowest BCUT2D eigenvalue weighted by Gasteiger charge is -2.42. The molecule has 3 nitrogen and oxygen atoms in total. The molecule has 0 amide bonds. The topological polar surface area (TPSA) is 37.4 Å². The summed E-state index contributed by atoms with van der Waals surface area (Å²) in [5, 5.41) is 0. The standard InChI is InChI=1S/C26H29NO2S/c1-3-4-15-24-26(22-13-9-6-10-14-22)23-18-20(2)16-17-25(23)30(28,29)27(24)19-21-11-7-5-8-12-21/h5-14,16-18,24,26H,3-4,15,19H2,1-2H3/t24-,26+/m0/s1. The van der Waals surface area contributed by atoms with Gasteiger partial charge in [-0.15, -0.1) is 0 Å². The van der Waals surface area contributed by atoms with Crippen molar-refractivity contribution in [3.63, 3.8) is 0 Å². The van der Waals surface area contributed by atoms with E-state index in [-0.39, 0.29) is 12.0 Å². The minimum absolute atomic E-state index is 0.0277. The monoisotopic (exact) mass is 419 g/mol. The van der Waals surface area contributed by atoms with Crippen LogP contribution in [0.2, 0.25) is 0 Å². The predicted octanol–water partition coefficient (Wildman–Crippen LogP) is 5.89. The van der Waals surface area contributed by atoms with Gasteiger partial charge in [-0.2, -0.15) is 4.31 Å². The van der Waals surface area contributed by atoms with Crippen molar-refractivity contribution in [2.45, 2.75) is 56.5 Å². The third-order valence-electron chi connectivity index (χ3n) is 6.04. The average molecular weight is 420 g/mol. The molecule has 4 rings (SSSR count). The van der Waals surface area contributed by atoms with Crippen LogP contribution in [0.1, 0.15) is 54.4 Å². The lowest BCUT2D eigenvalue weighted by atomic mass is 9.82. The van der Waals surface area contributed by atoms with E-state index in [2.05, 4.69) is 25.1 Å². The van der Waals surface area contributed by atoms with Gasteiger partial charge in [-0.05, 0) is 36.1 Å². The van der Waals surface area contributed by atoms with Crippen LogP contribution in [0.15, 0.2) is 83.8 Å². The van der Waals surface area contributed by atoms with Crippen molar-refractivity contribution in [3.8, 4) is 0 Å². The second-order valence-corrected chi connectivity index (χ2v) is 10.0. The van der Waals surface area contributed by atoms with E-state index in [0.717, 1.165) is 36.0 Å². The summed E-state index contributed by atoms with van der Waals surface area (Å²) < 4.78 is 29.3. The molecule has 0 N–H and O–H groups in total. The minimum atomic E-state index is -3.58. The molecule has 0 saturated heterocycles. The highest BCUT2D eigenvalue weighted by molar-refractivity contribution is 7.89. The molecule has 0 spiro atoms.